The predicted molar refractivity (Wildman–Crippen MR) is 132 cm³/mol. The van der Waals surface area contributed by atoms with Crippen LogP contribution >= 0.6 is 0 Å². The van der Waals surface area contributed by atoms with Crippen LogP contribution in [0.2, 0.25) is 0 Å². The van der Waals surface area contributed by atoms with E-state index in [1.54, 1.807) is 6.08 Å². The van der Waals surface area contributed by atoms with Gasteiger partial charge in [-0.1, -0.05) is 101 Å². The van der Waals surface area contributed by atoms with Gasteiger partial charge in [-0.05, 0) is 52.6 Å². The van der Waals surface area contributed by atoms with Crippen molar-refractivity contribution >= 4 is 11.4 Å². The number of hydrogen-bond donors (Lipinski definition) is 0. The average molecular weight is 394 g/mol. The topological polar surface area (TPSA) is 3.24 Å². The van der Waals surface area contributed by atoms with Crippen LogP contribution in [0.5, 0.6) is 0 Å². The van der Waals surface area contributed by atoms with Crippen molar-refractivity contribution in [1.29, 1.82) is 0 Å². The summed E-state index contributed by atoms with van der Waals surface area (Å²) in [5.74, 6) is 0. The molecule has 1 heteroatoms. The van der Waals surface area contributed by atoms with Gasteiger partial charge in [0.05, 0.1) is 0 Å². The first-order chi connectivity index (χ1) is 14.6. The van der Waals surface area contributed by atoms with Gasteiger partial charge in [0.2, 0.25) is 0 Å². The molecule has 3 aromatic rings. The third-order valence-electron chi connectivity index (χ3n) is 5.47. The Morgan fingerprint density at radius 2 is 1.37 bits per heavy atom. The lowest BCUT2D eigenvalue weighted by Gasteiger charge is -2.24. The number of nitrogens with zero attached hydrogens (tertiary/aromatic N) is 1. The first-order valence-corrected chi connectivity index (χ1v) is 10.7. The first-order valence-electron chi connectivity index (χ1n) is 10.7. The molecule has 0 spiro atoms. The van der Waals surface area contributed by atoms with E-state index in [2.05, 4.69) is 98.3 Å². The maximum Gasteiger partial charge on any atom is 0.0461 e. The molecule has 0 aliphatic heterocycles. The molecular formula is C29H31N. The zero-order chi connectivity index (χ0) is 21.6. The molecule has 1 aliphatic rings. The van der Waals surface area contributed by atoms with E-state index in [9.17, 15) is 0 Å². The molecule has 0 N–H and O–H groups in total. The van der Waals surface area contributed by atoms with E-state index >= 15 is 0 Å². The van der Waals surface area contributed by atoms with Gasteiger partial charge in [-0.15, -0.1) is 0 Å². The van der Waals surface area contributed by atoms with E-state index in [-0.39, 0.29) is 5.41 Å². The van der Waals surface area contributed by atoms with Crippen LogP contribution in [-0.2, 0) is 5.41 Å². The normalized spacial score (nSPS) is 13.5. The fraction of sp³-hybridized carbons (Fsp3) is 0.172. The summed E-state index contributed by atoms with van der Waals surface area (Å²) in [4.78, 5) is 2.22. The summed E-state index contributed by atoms with van der Waals surface area (Å²) in [5, 5.41) is 0. The highest BCUT2D eigenvalue weighted by Crippen LogP contribution is 2.49. The Morgan fingerprint density at radius 1 is 0.700 bits per heavy atom. The van der Waals surface area contributed by atoms with E-state index in [0.717, 1.165) is 11.4 Å². The predicted octanol–water partition coefficient (Wildman–Crippen LogP) is 8.41. The lowest BCUT2D eigenvalue weighted by molar-refractivity contribution is 0.660. The lowest BCUT2D eigenvalue weighted by atomic mass is 9.82. The van der Waals surface area contributed by atoms with Gasteiger partial charge in [0.25, 0.3) is 0 Å². The van der Waals surface area contributed by atoms with Crippen molar-refractivity contribution in [2.24, 2.45) is 0 Å². The minimum atomic E-state index is 0.0323. The molecule has 0 unspecified atom stereocenters. The second-order valence-electron chi connectivity index (χ2n) is 7.57. The van der Waals surface area contributed by atoms with Crippen molar-refractivity contribution in [2.45, 2.75) is 33.1 Å². The number of anilines is 2. The van der Waals surface area contributed by atoms with E-state index in [0.29, 0.717) is 0 Å². The highest BCUT2D eigenvalue weighted by atomic mass is 15.1. The Balaban J connectivity index is 0.00000124. The van der Waals surface area contributed by atoms with Crippen LogP contribution in [0.3, 0.4) is 0 Å². The van der Waals surface area contributed by atoms with Gasteiger partial charge in [0, 0.05) is 23.0 Å². The van der Waals surface area contributed by atoms with Crippen LogP contribution in [0.1, 0.15) is 38.8 Å². The molecule has 0 fully saturated rings. The number of para-hydroxylation sites is 1. The molecule has 30 heavy (non-hydrogen) atoms. The summed E-state index contributed by atoms with van der Waals surface area (Å²) >= 11 is 0. The molecule has 0 radical (unpaired) electrons. The van der Waals surface area contributed by atoms with Crippen molar-refractivity contribution in [3.8, 4) is 11.1 Å². The Bertz CT molecular complexity index is 1050. The highest BCUT2D eigenvalue weighted by molar-refractivity contribution is 5.84. The molecule has 3 aromatic carbocycles. The molecule has 1 nitrogen and oxygen atoms in total. The Morgan fingerprint density at radius 3 is 2.10 bits per heavy atom. The Hall–Kier alpha value is -3.32. The molecule has 0 amide bonds. The zero-order valence-corrected chi connectivity index (χ0v) is 18.5. The molecule has 0 bridgehead atoms. The number of benzene rings is 3. The van der Waals surface area contributed by atoms with Gasteiger partial charge in [0.15, 0.2) is 0 Å². The van der Waals surface area contributed by atoms with Crippen LogP contribution < -0.4 is 4.90 Å². The molecule has 0 aromatic heterocycles. The van der Waals surface area contributed by atoms with Crippen molar-refractivity contribution < 1.29 is 0 Å². The minimum absolute atomic E-state index is 0.0323. The maximum absolute atomic E-state index is 3.73. The fourth-order valence-corrected chi connectivity index (χ4v) is 4.05. The van der Waals surface area contributed by atoms with Crippen LogP contribution in [0, 0.1) is 0 Å². The average Bonchev–Trinajstić information content (AvgIpc) is 3.03. The van der Waals surface area contributed by atoms with Gasteiger partial charge in [-0.2, -0.15) is 0 Å². The fourth-order valence-electron chi connectivity index (χ4n) is 4.05. The van der Waals surface area contributed by atoms with Gasteiger partial charge in [-0.25, -0.2) is 0 Å². The summed E-state index contributed by atoms with van der Waals surface area (Å²) in [6.07, 6.45) is 9.85. The summed E-state index contributed by atoms with van der Waals surface area (Å²) in [5.41, 5.74) is 7.78. The van der Waals surface area contributed by atoms with Crippen LogP contribution in [0.25, 0.3) is 11.1 Å². The van der Waals surface area contributed by atoms with E-state index in [1.807, 2.05) is 38.1 Å². The molecule has 0 saturated carbocycles. The summed E-state index contributed by atoms with van der Waals surface area (Å²) in [6, 6.07) is 26.0. The maximum atomic E-state index is 3.73. The molecule has 0 atom stereocenters. The first kappa shape index (κ1) is 21.4. The Labute approximate surface area is 181 Å². The standard InChI is InChI=1S/C27H25N.C2H6/c1-4-5-6-12-19-28(21-13-8-7-9-14-21)22-17-18-26-24(20-22)23-15-10-11-16-25(23)27(26,2)3;1-2/h4-20H,1H2,2-3H3;1-2H3/b6-5-,19-12-;. The monoisotopic (exact) mass is 393 g/mol. The van der Waals surface area contributed by atoms with Crippen LogP contribution in [0.4, 0.5) is 11.4 Å². The van der Waals surface area contributed by atoms with Gasteiger partial charge < -0.3 is 4.90 Å². The largest absolute Gasteiger partial charge is 0.317 e. The number of hydrogen-bond acceptors (Lipinski definition) is 1. The second kappa shape index (κ2) is 9.45. The Kier molecular flexibility index (Phi) is 6.74. The zero-order valence-electron chi connectivity index (χ0n) is 18.5. The summed E-state index contributed by atoms with van der Waals surface area (Å²) < 4.78 is 0. The molecule has 0 saturated heterocycles. The van der Waals surface area contributed by atoms with Gasteiger partial charge >= 0.3 is 0 Å². The second-order valence-corrected chi connectivity index (χ2v) is 7.57. The van der Waals surface area contributed by atoms with Crippen molar-refractivity contribution in [3.63, 3.8) is 0 Å². The van der Waals surface area contributed by atoms with E-state index in [1.165, 1.54) is 22.3 Å². The summed E-state index contributed by atoms with van der Waals surface area (Å²) in [7, 11) is 0. The van der Waals surface area contributed by atoms with Crippen molar-refractivity contribution in [2.75, 3.05) is 4.90 Å². The molecular weight excluding hydrogens is 362 g/mol. The summed E-state index contributed by atoms with van der Waals surface area (Å²) in [6.45, 7) is 12.4. The minimum Gasteiger partial charge on any atom is -0.317 e. The van der Waals surface area contributed by atoms with Crippen LogP contribution in [-0.4, -0.2) is 0 Å². The van der Waals surface area contributed by atoms with Crippen molar-refractivity contribution in [1.82, 2.24) is 0 Å². The number of rotatable bonds is 5. The lowest BCUT2D eigenvalue weighted by Crippen LogP contribution is -2.15. The molecule has 4 rings (SSSR count). The van der Waals surface area contributed by atoms with Crippen molar-refractivity contribution in [3.05, 3.63) is 121 Å². The third kappa shape index (κ3) is 4.02. The number of fused-ring (bicyclic) bond motifs is 3. The van der Waals surface area contributed by atoms with Crippen LogP contribution in [0.15, 0.2) is 110 Å². The highest BCUT2D eigenvalue weighted by Gasteiger charge is 2.35. The number of allylic oxidation sites excluding steroid dienone is 4. The van der Waals surface area contributed by atoms with Gasteiger partial charge in [-0.3, -0.25) is 0 Å². The molecule has 0 heterocycles. The molecule has 152 valence electrons. The SMILES string of the molecule is C=C/C=C\C=C/N(c1ccccc1)c1ccc2c(c1)-c1ccccc1C2(C)C.CC. The molecule has 1 aliphatic carbocycles. The quantitative estimate of drug-likeness (QED) is 0.393. The third-order valence-corrected chi connectivity index (χ3v) is 5.47. The smallest absolute Gasteiger partial charge is 0.0461 e. The van der Waals surface area contributed by atoms with E-state index < -0.39 is 0 Å². The van der Waals surface area contributed by atoms with Gasteiger partial charge in [0.1, 0.15) is 0 Å². The van der Waals surface area contributed by atoms with E-state index in [4.69, 9.17) is 0 Å².